The molecular weight excluding hydrogens is 343 g/mol. The Balaban J connectivity index is 1.57. The van der Waals surface area contributed by atoms with E-state index in [1.165, 1.54) is 23.8 Å². The predicted octanol–water partition coefficient (Wildman–Crippen LogP) is 3.88. The molecule has 0 aliphatic heterocycles. The number of rotatable bonds is 7. The highest BCUT2D eigenvalue weighted by atomic mass is 19.1. The first kappa shape index (κ1) is 18.7. The number of nitrogens with zero attached hydrogens (tertiary/aromatic N) is 2. The summed E-state index contributed by atoms with van der Waals surface area (Å²) in [5.41, 5.74) is 3.08. The van der Waals surface area contributed by atoms with Gasteiger partial charge in [0.05, 0.1) is 0 Å². The highest BCUT2D eigenvalue weighted by Gasteiger charge is 2.03. The lowest BCUT2D eigenvalue weighted by Gasteiger charge is -2.13. The van der Waals surface area contributed by atoms with Crippen molar-refractivity contribution in [3.05, 3.63) is 94.2 Å². The van der Waals surface area contributed by atoms with Gasteiger partial charge in [0.15, 0.2) is 0 Å². The smallest absolute Gasteiger partial charge is 0.254 e. The quantitative estimate of drug-likeness (QED) is 0.637. The van der Waals surface area contributed by atoms with Crippen LogP contribution in [0.4, 0.5) is 10.1 Å². The number of anilines is 1. The lowest BCUT2D eigenvalue weighted by molar-refractivity contribution is 0.304. The molecule has 0 bridgehead atoms. The number of aryl methyl sites for hydroxylation is 2. The van der Waals surface area contributed by atoms with E-state index in [0.717, 1.165) is 17.7 Å². The minimum absolute atomic E-state index is 0.100. The molecule has 0 atom stereocenters. The molecule has 0 amide bonds. The van der Waals surface area contributed by atoms with Crippen LogP contribution in [0.5, 0.6) is 5.75 Å². The van der Waals surface area contributed by atoms with E-state index in [-0.39, 0.29) is 11.4 Å². The zero-order chi connectivity index (χ0) is 19.2. The van der Waals surface area contributed by atoms with Crippen LogP contribution in [-0.4, -0.2) is 18.7 Å². The van der Waals surface area contributed by atoms with E-state index in [1.807, 2.05) is 14.1 Å². The van der Waals surface area contributed by atoms with Crippen LogP contribution in [0.1, 0.15) is 11.1 Å². The molecule has 140 valence electrons. The largest absolute Gasteiger partial charge is 0.489 e. The second-order valence-corrected chi connectivity index (χ2v) is 6.62. The van der Waals surface area contributed by atoms with Crippen molar-refractivity contribution in [3.63, 3.8) is 0 Å². The van der Waals surface area contributed by atoms with Crippen LogP contribution in [0.3, 0.4) is 0 Å². The van der Waals surface area contributed by atoms with Gasteiger partial charge < -0.3 is 14.2 Å². The fourth-order valence-electron chi connectivity index (χ4n) is 2.72. The molecule has 0 aliphatic carbocycles. The molecule has 3 rings (SSSR count). The summed E-state index contributed by atoms with van der Waals surface area (Å²) >= 11 is 0. The van der Waals surface area contributed by atoms with Crippen LogP contribution >= 0.6 is 0 Å². The maximum atomic E-state index is 12.9. The summed E-state index contributed by atoms with van der Waals surface area (Å²) in [6, 6.07) is 17.7. The van der Waals surface area contributed by atoms with Gasteiger partial charge >= 0.3 is 0 Å². The number of pyridine rings is 1. The van der Waals surface area contributed by atoms with Gasteiger partial charge in [-0.3, -0.25) is 4.79 Å². The summed E-state index contributed by atoms with van der Waals surface area (Å²) in [4.78, 5) is 14.3. The molecule has 0 fully saturated rings. The van der Waals surface area contributed by atoms with Crippen molar-refractivity contribution in [1.82, 2.24) is 4.57 Å². The van der Waals surface area contributed by atoms with Gasteiger partial charge in [-0.05, 0) is 47.9 Å². The third-order valence-corrected chi connectivity index (χ3v) is 4.38. The van der Waals surface area contributed by atoms with E-state index in [1.54, 1.807) is 29.0 Å². The van der Waals surface area contributed by atoms with Crippen LogP contribution < -0.4 is 15.2 Å². The van der Waals surface area contributed by atoms with E-state index in [0.29, 0.717) is 18.9 Å². The predicted molar refractivity (Wildman–Crippen MR) is 106 cm³/mol. The molecule has 3 aromatic rings. The highest BCUT2D eigenvalue weighted by Crippen LogP contribution is 2.14. The Morgan fingerprint density at radius 3 is 2.26 bits per heavy atom. The van der Waals surface area contributed by atoms with Crippen molar-refractivity contribution in [2.24, 2.45) is 0 Å². The summed E-state index contributed by atoms with van der Waals surface area (Å²) in [7, 11) is 4.02. The molecule has 0 saturated carbocycles. The van der Waals surface area contributed by atoms with E-state index in [2.05, 4.69) is 29.2 Å². The highest BCUT2D eigenvalue weighted by molar-refractivity contribution is 5.46. The SMILES string of the molecule is CN(C)c1ccc(CCn2ccc(OCc3ccc(F)cc3)cc2=O)cc1. The fourth-order valence-corrected chi connectivity index (χ4v) is 2.72. The summed E-state index contributed by atoms with van der Waals surface area (Å²) < 4.78 is 20.2. The minimum Gasteiger partial charge on any atom is -0.489 e. The number of hydrogen-bond donors (Lipinski definition) is 0. The average molecular weight is 366 g/mol. The van der Waals surface area contributed by atoms with E-state index in [4.69, 9.17) is 4.74 Å². The molecule has 27 heavy (non-hydrogen) atoms. The van der Waals surface area contributed by atoms with Crippen LogP contribution in [0.2, 0.25) is 0 Å². The maximum Gasteiger partial charge on any atom is 0.254 e. The second-order valence-electron chi connectivity index (χ2n) is 6.62. The number of ether oxygens (including phenoxy) is 1. The Bertz CT molecular complexity index is 932. The van der Waals surface area contributed by atoms with Crippen molar-refractivity contribution >= 4 is 5.69 Å². The van der Waals surface area contributed by atoms with Crippen LogP contribution in [0, 0.1) is 5.82 Å². The Morgan fingerprint density at radius 2 is 1.63 bits per heavy atom. The summed E-state index contributed by atoms with van der Waals surface area (Å²) in [5.74, 6) is 0.230. The zero-order valence-electron chi connectivity index (χ0n) is 15.6. The molecule has 1 heterocycles. The molecule has 5 heteroatoms. The van der Waals surface area contributed by atoms with Crippen molar-refractivity contribution < 1.29 is 9.13 Å². The van der Waals surface area contributed by atoms with Gasteiger partial charge in [0, 0.05) is 38.6 Å². The first-order valence-electron chi connectivity index (χ1n) is 8.85. The topological polar surface area (TPSA) is 34.5 Å². The lowest BCUT2D eigenvalue weighted by atomic mass is 10.1. The summed E-state index contributed by atoms with van der Waals surface area (Å²) in [6.45, 7) is 0.903. The van der Waals surface area contributed by atoms with Gasteiger partial charge in [0.25, 0.3) is 5.56 Å². The zero-order valence-corrected chi connectivity index (χ0v) is 15.6. The average Bonchev–Trinajstić information content (AvgIpc) is 2.67. The maximum absolute atomic E-state index is 12.9. The van der Waals surface area contributed by atoms with Crippen molar-refractivity contribution in [2.75, 3.05) is 19.0 Å². The van der Waals surface area contributed by atoms with Crippen LogP contribution in [-0.2, 0) is 19.6 Å². The third-order valence-electron chi connectivity index (χ3n) is 4.38. The Kier molecular flexibility index (Phi) is 5.91. The number of hydrogen-bond acceptors (Lipinski definition) is 3. The van der Waals surface area contributed by atoms with Gasteiger partial charge in [-0.15, -0.1) is 0 Å². The fraction of sp³-hybridized carbons (Fsp3) is 0.227. The Hall–Kier alpha value is -3.08. The molecule has 0 aliphatic rings. The number of benzene rings is 2. The summed E-state index contributed by atoms with van der Waals surface area (Å²) in [6.07, 6.45) is 2.53. The molecule has 1 aromatic heterocycles. The van der Waals surface area contributed by atoms with Gasteiger partial charge in [0.1, 0.15) is 18.2 Å². The first-order chi connectivity index (χ1) is 13.0. The van der Waals surface area contributed by atoms with Gasteiger partial charge in [0.2, 0.25) is 0 Å². The third kappa shape index (κ3) is 5.20. The van der Waals surface area contributed by atoms with Crippen molar-refractivity contribution in [3.8, 4) is 5.75 Å². The molecule has 4 nitrogen and oxygen atoms in total. The number of halogens is 1. The van der Waals surface area contributed by atoms with E-state index >= 15 is 0 Å². The summed E-state index contributed by atoms with van der Waals surface area (Å²) in [5, 5.41) is 0. The Labute approximate surface area is 158 Å². The van der Waals surface area contributed by atoms with Crippen molar-refractivity contribution in [1.29, 1.82) is 0 Å². The first-order valence-corrected chi connectivity index (χ1v) is 8.85. The van der Waals surface area contributed by atoms with E-state index < -0.39 is 0 Å². The molecular formula is C22H23FN2O2. The van der Waals surface area contributed by atoms with E-state index in [9.17, 15) is 9.18 Å². The van der Waals surface area contributed by atoms with Crippen molar-refractivity contribution in [2.45, 2.75) is 19.6 Å². The normalized spacial score (nSPS) is 10.6. The molecule has 2 aromatic carbocycles. The monoisotopic (exact) mass is 366 g/mol. The standard InChI is InChI=1S/C22H23FN2O2/c1-24(2)20-9-5-17(6-10-20)11-13-25-14-12-21(15-22(25)26)27-16-18-3-7-19(23)8-4-18/h3-10,12,14-15H,11,13,16H2,1-2H3. The lowest BCUT2D eigenvalue weighted by Crippen LogP contribution is -2.19. The van der Waals surface area contributed by atoms with Crippen LogP contribution in [0.25, 0.3) is 0 Å². The molecule has 0 N–H and O–H groups in total. The van der Waals surface area contributed by atoms with Gasteiger partial charge in [-0.1, -0.05) is 24.3 Å². The molecule has 0 unspecified atom stereocenters. The minimum atomic E-state index is -0.280. The Morgan fingerprint density at radius 1 is 0.963 bits per heavy atom. The van der Waals surface area contributed by atoms with Gasteiger partial charge in [-0.2, -0.15) is 0 Å². The number of aromatic nitrogens is 1. The molecule has 0 saturated heterocycles. The second kappa shape index (κ2) is 8.54. The van der Waals surface area contributed by atoms with Crippen LogP contribution in [0.15, 0.2) is 71.7 Å². The molecule has 0 spiro atoms. The van der Waals surface area contributed by atoms with Gasteiger partial charge in [-0.25, -0.2) is 4.39 Å². The molecule has 0 radical (unpaired) electrons.